The van der Waals surface area contributed by atoms with Crippen LogP contribution >= 0.6 is 11.8 Å². The number of rotatable bonds is 4. The van der Waals surface area contributed by atoms with E-state index >= 15 is 0 Å². The van der Waals surface area contributed by atoms with E-state index in [4.69, 9.17) is 9.47 Å². The van der Waals surface area contributed by atoms with Crippen LogP contribution in [0.4, 0.5) is 0 Å². The molecule has 0 aromatic carbocycles. The Morgan fingerprint density at radius 3 is 1.66 bits per heavy atom. The number of methoxy groups -OCH3 is 2. The van der Waals surface area contributed by atoms with Crippen LogP contribution < -0.4 is 0 Å². The maximum Gasteiger partial charge on any atom is 0.186 e. The Kier molecular flexibility index (Phi) is 6.57. The van der Waals surface area contributed by atoms with Crippen molar-refractivity contribution in [1.82, 2.24) is 0 Å². The molecule has 3 aliphatic rings. The number of hydrogen-bond acceptors (Lipinski definition) is 4. The number of ketones is 1. The minimum Gasteiger partial charge on any atom is -0.370 e. The quantitative estimate of drug-likeness (QED) is 0.468. The number of Topliss-reactive ketones (excluding diaryl/α,β-unsaturated/α-hetero) is 1. The molecule has 0 amide bonds. The average molecular weight is 413 g/mol. The second-order valence-corrected chi connectivity index (χ2v) is 9.39. The monoisotopic (exact) mass is 412 g/mol. The molecule has 1 fully saturated rings. The lowest BCUT2D eigenvalue weighted by Gasteiger charge is -2.30. The Hall–Kier alpha value is -1.62. The van der Waals surface area contributed by atoms with Crippen LogP contribution in [0.2, 0.25) is 0 Å². The van der Waals surface area contributed by atoms with Gasteiger partial charge in [-0.1, -0.05) is 48.6 Å². The Bertz CT molecular complexity index is 789. The number of thioether (sulfide) groups is 1. The molecule has 4 unspecified atom stereocenters. The fourth-order valence-corrected chi connectivity index (χ4v) is 4.85. The highest BCUT2D eigenvalue weighted by Crippen LogP contribution is 2.33. The lowest BCUT2D eigenvalue weighted by atomic mass is 9.84. The summed E-state index contributed by atoms with van der Waals surface area (Å²) in [5, 5.41) is 0. The zero-order valence-electron chi connectivity index (χ0n) is 18.3. The van der Waals surface area contributed by atoms with Crippen molar-refractivity contribution in [3.8, 4) is 0 Å². The van der Waals surface area contributed by atoms with Gasteiger partial charge in [-0.15, -0.1) is 0 Å². The molecule has 0 N–H and O–H groups in total. The van der Waals surface area contributed by atoms with Crippen molar-refractivity contribution in [2.24, 2.45) is 11.8 Å². The molecule has 1 heterocycles. The molecule has 2 aliphatic carbocycles. The summed E-state index contributed by atoms with van der Waals surface area (Å²) >= 11 is 1.81. The highest BCUT2D eigenvalue weighted by Gasteiger charge is 2.29. The highest BCUT2D eigenvalue weighted by molar-refractivity contribution is 7.99. The van der Waals surface area contributed by atoms with Gasteiger partial charge in [0.15, 0.2) is 5.78 Å². The van der Waals surface area contributed by atoms with E-state index < -0.39 is 0 Å². The third-order valence-electron chi connectivity index (χ3n) is 6.46. The third-order valence-corrected chi connectivity index (χ3v) is 7.49. The Morgan fingerprint density at radius 1 is 0.897 bits per heavy atom. The summed E-state index contributed by atoms with van der Waals surface area (Å²) in [5.74, 6) is 1.99. The number of allylic oxidation sites excluding steroid dienone is 6. The number of carbonyl (C=O) groups is 1. The first-order chi connectivity index (χ1) is 13.7. The molecular formula is C25H32O3S. The van der Waals surface area contributed by atoms with Gasteiger partial charge >= 0.3 is 0 Å². The van der Waals surface area contributed by atoms with Crippen molar-refractivity contribution in [3.63, 3.8) is 0 Å². The van der Waals surface area contributed by atoms with Crippen molar-refractivity contribution in [1.29, 1.82) is 0 Å². The first kappa shape index (κ1) is 22.1. The second kappa shape index (κ2) is 8.63. The fraction of sp³-hybridized carbons (Fsp3) is 0.480. The second-order valence-electron chi connectivity index (χ2n) is 8.40. The molecular weight excluding hydrogens is 380 g/mol. The zero-order chi connectivity index (χ0) is 21.2. The minimum atomic E-state index is -0.348. The molecule has 3 rings (SSSR count). The summed E-state index contributed by atoms with van der Waals surface area (Å²) in [6, 6.07) is 0. The maximum atomic E-state index is 13.1. The van der Waals surface area contributed by atoms with Crippen LogP contribution in [-0.2, 0) is 14.3 Å². The van der Waals surface area contributed by atoms with Crippen LogP contribution in [0.15, 0.2) is 70.9 Å². The Labute approximate surface area is 179 Å². The molecule has 0 radical (unpaired) electrons. The highest BCUT2D eigenvalue weighted by atomic mass is 32.2. The summed E-state index contributed by atoms with van der Waals surface area (Å²) in [4.78, 5) is 13.1. The molecule has 1 aliphatic heterocycles. The largest absolute Gasteiger partial charge is 0.370 e. The van der Waals surface area contributed by atoms with E-state index in [2.05, 4.69) is 76.3 Å². The number of ether oxygens (including phenoxy) is 2. The van der Waals surface area contributed by atoms with Crippen molar-refractivity contribution in [3.05, 3.63) is 70.9 Å². The van der Waals surface area contributed by atoms with Crippen LogP contribution in [0.25, 0.3) is 0 Å². The molecule has 29 heavy (non-hydrogen) atoms. The van der Waals surface area contributed by atoms with E-state index in [1.165, 1.54) is 11.1 Å². The van der Waals surface area contributed by atoms with Crippen LogP contribution in [0.5, 0.6) is 0 Å². The zero-order valence-corrected chi connectivity index (χ0v) is 19.1. The van der Waals surface area contributed by atoms with E-state index in [1.54, 1.807) is 26.0 Å². The van der Waals surface area contributed by atoms with Crippen LogP contribution in [0.3, 0.4) is 0 Å². The summed E-state index contributed by atoms with van der Waals surface area (Å²) in [7, 11) is 3.45. The normalized spacial score (nSPS) is 37.8. The minimum absolute atomic E-state index is 0.135. The molecule has 4 atom stereocenters. The summed E-state index contributed by atoms with van der Waals surface area (Å²) in [6.45, 7) is 8.28. The Balaban J connectivity index is 1.78. The average Bonchev–Trinajstić information content (AvgIpc) is 2.71. The van der Waals surface area contributed by atoms with Gasteiger partial charge in [0, 0.05) is 48.7 Å². The molecule has 4 heteroatoms. The van der Waals surface area contributed by atoms with Gasteiger partial charge in [0.2, 0.25) is 0 Å². The predicted octanol–water partition coefficient (Wildman–Crippen LogP) is 5.23. The SMILES string of the molecule is COC1(C)C=CC(/C=C2\CSC/C(=C/C3C=CC(C)(OC)C(C)=C3)C2=O)C=C1C. The van der Waals surface area contributed by atoms with Gasteiger partial charge in [-0.25, -0.2) is 0 Å². The smallest absolute Gasteiger partial charge is 0.186 e. The van der Waals surface area contributed by atoms with Crippen LogP contribution in [0.1, 0.15) is 27.7 Å². The maximum absolute atomic E-state index is 13.1. The standard InChI is InChI=1S/C25H32O3S/c1-17-11-19(7-9-24(17,3)27-5)13-21-15-29-16-22(23(21)26)14-20-8-10-25(4,28-6)18(2)12-20/h7-14,19-20H,15-16H2,1-6H3/b21-13-,22-14+. The lowest BCUT2D eigenvalue weighted by Crippen LogP contribution is -2.29. The van der Waals surface area contributed by atoms with E-state index in [0.29, 0.717) is 0 Å². The van der Waals surface area contributed by atoms with Gasteiger partial charge in [0.05, 0.1) is 0 Å². The van der Waals surface area contributed by atoms with Gasteiger partial charge in [-0.2, -0.15) is 11.8 Å². The first-order valence-corrected chi connectivity index (χ1v) is 11.3. The van der Waals surface area contributed by atoms with Gasteiger partial charge in [0.25, 0.3) is 0 Å². The molecule has 0 bridgehead atoms. The third kappa shape index (κ3) is 4.60. The van der Waals surface area contributed by atoms with Crippen molar-refractivity contribution < 1.29 is 14.3 Å². The summed E-state index contributed by atoms with van der Waals surface area (Å²) < 4.78 is 11.2. The van der Waals surface area contributed by atoms with E-state index in [-0.39, 0.29) is 28.8 Å². The van der Waals surface area contributed by atoms with Gasteiger partial charge in [-0.05, 0) is 38.8 Å². The first-order valence-electron chi connectivity index (χ1n) is 10.1. The predicted molar refractivity (Wildman–Crippen MR) is 122 cm³/mol. The van der Waals surface area contributed by atoms with Crippen molar-refractivity contribution in [2.75, 3.05) is 25.7 Å². The Morgan fingerprint density at radius 2 is 1.31 bits per heavy atom. The fourth-order valence-electron chi connectivity index (χ4n) is 3.86. The number of carbonyl (C=O) groups excluding carboxylic acids is 1. The van der Waals surface area contributed by atoms with Crippen molar-refractivity contribution in [2.45, 2.75) is 38.9 Å². The molecule has 156 valence electrons. The number of hydrogen-bond donors (Lipinski definition) is 0. The van der Waals surface area contributed by atoms with Crippen LogP contribution in [0, 0.1) is 11.8 Å². The molecule has 0 saturated carbocycles. The van der Waals surface area contributed by atoms with Crippen molar-refractivity contribution >= 4 is 17.5 Å². The molecule has 0 aromatic rings. The lowest BCUT2D eigenvalue weighted by molar-refractivity contribution is -0.112. The van der Waals surface area contributed by atoms with E-state index in [9.17, 15) is 4.79 Å². The van der Waals surface area contributed by atoms with Gasteiger partial charge in [-0.3, -0.25) is 4.79 Å². The summed E-state index contributed by atoms with van der Waals surface area (Å²) in [6.07, 6.45) is 17.0. The molecule has 1 saturated heterocycles. The molecule has 0 aromatic heterocycles. The molecule has 3 nitrogen and oxygen atoms in total. The van der Waals surface area contributed by atoms with Gasteiger partial charge in [0.1, 0.15) is 11.2 Å². The van der Waals surface area contributed by atoms with E-state index in [1.807, 2.05) is 0 Å². The van der Waals surface area contributed by atoms with E-state index in [0.717, 1.165) is 22.7 Å². The topological polar surface area (TPSA) is 35.5 Å². The van der Waals surface area contributed by atoms with Gasteiger partial charge < -0.3 is 9.47 Å². The summed E-state index contributed by atoms with van der Waals surface area (Å²) in [5.41, 5.74) is 3.44. The molecule has 0 spiro atoms. The van der Waals surface area contributed by atoms with Crippen LogP contribution in [-0.4, -0.2) is 42.7 Å².